The van der Waals surface area contributed by atoms with Crippen LogP contribution in [0, 0.1) is 12.8 Å². The third-order valence-electron chi connectivity index (χ3n) is 4.70. The van der Waals surface area contributed by atoms with Gasteiger partial charge in [0.1, 0.15) is 0 Å². The van der Waals surface area contributed by atoms with Crippen LogP contribution in [0.5, 0.6) is 0 Å². The number of fused-ring (bicyclic) bond motifs is 1. The molecule has 0 amide bonds. The van der Waals surface area contributed by atoms with Crippen LogP contribution in [0.4, 0.5) is 0 Å². The van der Waals surface area contributed by atoms with Gasteiger partial charge < -0.3 is 32.2 Å². The van der Waals surface area contributed by atoms with Gasteiger partial charge in [0, 0.05) is 5.92 Å². The molecule has 0 saturated heterocycles. The maximum atomic E-state index is 2.40. The quantitative estimate of drug-likeness (QED) is 0.327. The van der Waals surface area contributed by atoms with Gasteiger partial charge >= 0.3 is 65.0 Å². The van der Waals surface area contributed by atoms with Crippen LogP contribution in [-0.2, 0) is 23.3 Å². The Balaban J connectivity index is 0.000000616. The van der Waals surface area contributed by atoms with Crippen LogP contribution >= 0.6 is 0 Å². The van der Waals surface area contributed by atoms with Gasteiger partial charge in [0.25, 0.3) is 0 Å². The first-order valence-electron chi connectivity index (χ1n) is 9.09. The molecule has 0 spiro atoms. The third kappa shape index (κ3) is 7.76. The Morgan fingerprint density at radius 3 is 2.07 bits per heavy atom. The van der Waals surface area contributed by atoms with E-state index in [1.54, 1.807) is 23.3 Å². The summed E-state index contributed by atoms with van der Waals surface area (Å²) < 4.78 is 0. The molecule has 0 bridgehead atoms. The first-order chi connectivity index (χ1) is 12.5. The van der Waals surface area contributed by atoms with Crippen LogP contribution in [0.15, 0.2) is 90.5 Å². The van der Waals surface area contributed by atoms with Crippen molar-refractivity contribution < 1.29 is 48.1 Å². The molecule has 0 radical (unpaired) electrons. The fourth-order valence-corrected chi connectivity index (χ4v) is 4.97. The molecule has 1 unspecified atom stereocenters. The minimum atomic E-state index is 0. The molecular formula is C25H28Cl2SiZr-2. The average Bonchev–Trinajstić information content (AvgIpc) is 3.29. The van der Waals surface area contributed by atoms with Crippen molar-refractivity contribution in [3.8, 4) is 0 Å². The molecule has 4 rings (SSSR count). The van der Waals surface area contributed by atoms with E-state index in [2.05, 4.69) is 106 Å². The summed E-state index contributed by atoms with van der Waals surface area (Å²) in [5.74, 6) is 0.451. The molecule has 1 aliphatic carbocycles. The van der Waals surface area contributed by atoms with Gasteiger partial charge in [0.05, 0.1) is 0 Å². The molecule has 0 nitrogen and oxygen atoms in total. The normalized spacial score (nSPS) is 14.5. The number of hydrogen-bond donors (Lipinski definition) is 0. The summed E-state index contributed by atoms with van der Waals surface area (Å²) in [4.78, 5) is 0. The number of rotatable bonds is 2. The SMILES string of the molecule is CC(C)(C)C1=CC(c2cc3ccccc3[cH-]2)C=C1.[CH3-].[Cl-].[Cl-].[Zr+2]=[SiH]c1ccccc1. The molecule has 0 N–H and O–H groups in total. The number of hydrogen-bond acceptors (Lipinski definition) is 0. The van der Waals surface area contributed by atoms with Gasteiger partial charge in [0.2, 0.25) is 0 Å². The van der Waals surface area contributed by atoms with Crippen molar-refractivity contribution in [3.05, 3.63) is 104 Å². The maximum absolute atomic E-state index is 2.40. The van der Waals surface area contributed by atoms with Crippen molar-refractivity contribution >= 4 is 22.1 Å². The van der Waals surface area contributed by atoms with E-state index in [1.807, 2.05) is 0 Å². The molecule has 3 aromatic rings. The first kappa shape index (κ1) is 28.2. The van der Waals surface area contributed by atoms with Gasteiger partial charge in [-0.3, -0.25) is 0 Å². The molecule has 3 aromatic carbocycles. The second kappa shape index (κ2) is 12.8. The monoisotopic (exact) mass is 516 g/mol. The van der Waals surface area contributed by atoms with Crippen LogP contribution in [-0.4, -0.2) is 6.16 Å². The van der Waals surface area contributed by atoms with E-state index in [0.29, 0.717) is 12.1 Å². The summed E-state index contributed by atoms with van der Waals surface area (Å²) in [7, 11) is 0. The van der Waals surface area contributed by atoms with Crippen LogP contribution in [0.2, 0.25) is 0 Å². The van der Waals surface area contributed by atoms with Gasteiger partial charge in [-0.1, -0.05) is 45.1 Å². The Morgan fingerprint density at radius 2 is 1.55 bits per heavy atom. The summed E-state index contributed by atoms with van der Waals surface area (Å²) in [6.07, 6.45) is 7.59. The Morgan fingerprint density at radius 1 is 0.931 bits per heavy atom. The van der Waals surface area contributed by atoms with Crippen LogP contribution in [0.3, 0.4) is 0 Å². The van der Waals surface area contributed by atoms with E-state index >= 15 is 0 Å². The number of allylic oxidation sites excluding steroid dienone is 4. The molecule has 0 aromatic heterocycles. The molecule has 0 heterocycles. The molecular weight excluding hydrogens is 490 g/mol. The van der Waals surface area contributed by atoms with Gasteiger partial charge in [0.15, 0.2) is 0 Å². The Kier molecular flexibility index (Phi) is 12.5. The molecule has 152 valence electrons. The van der Waals surface area contributed by atoms with Gasteiger partial charge in [-0.05, 0) is 11.0 Å². The fraction of sp³-hybridized carbons (Fsp3) is 0.200. The van der Waals surface area contributed by atoms with E-state index in [9.17, 15) is 0 Å². The first-order valence-corrected chi connectivity index (χ1v) is 14.5. The average molecular weight is 519 g/mol. The van der Waals surface area contributed by atoms with Crippen molar-refractivity contribution in [2.45, 2.75) is 26.7 Å². The Labute approximate surface area is 204 Å². The van der Waals surface area contributed by atoms with E-state index in [1.165, 1.54) is 27.1 Å². The molecule has 1 atom stereocenters. The Hall–Kier alpha value is -0.790. The van der Waals surface area contributed by atoms with Crippen LogP contribution in [0.1, 0.15) is 32.3 Å². The summed E-state index contributed by atoms with van der Waals surface area (Å²) in [6, 6.07) is 23.9. The zero-order chi connectivity index (χ0) is 18.6. The van der Waals surface area contributed by atoms with Gasteiger partial charge in [-0.2, -0.15) is 6.07 Å². The van der Waals surface area contributed by atoms with Crippen molar-refractivity contribution in [2.75, 3.05) is 0 Å². The number of benzene rings is 2. The predicted octanol–water partition coefficient (Wildman–Crippen LogP) is -0.147. The molecule has 4 heteroatoms. The zero-order valence-corrected chi connectivity index (χ0v) is 22.6. The van der Waals surface area contributed by atoms with Crippen molar-refractivity contribution in [1.82, 2.24) is 0 Å². The predicted molar refractivity (Wildman–Crippen MR) is 119 cm³/mol. The van der Waals surface area contributed by atoms with Crippen LogP contribution in [0.25, 0.3) is 10.8 Å². The fourth-order valence-electron chi connectivity index (χ4n) is 3.14. The standard InChI is InChI=1S/C18H19.C6H6Si.CH3.2ClH.Zr/c1-18(2,3)17-9-8-15(12-17)16-10-13-6-4-5-7-14(13)11-16;7-6-4-2-1-3-5-6;;;;/h4-12,15H,1-3H3;1-5,7H;1H3;2*1H;/q-1;;-1;;;+2/p-2. The van der Waals surface area contributed by atoms with Gasteiger partial charge in [-0.15, -0.1) is 40.6 Å². The molecule has 29 heavy (non-hydrogen) atoms. The summed E-state index contributed by atoms with van der Waals surface area (Å²) in [6.45, 7) is 6.81. The Bertz CT molecular complexity index is 917. The van der Waals surface area contributed by atoms with Crippen molar-refractivity contribution in [1.29, 1.82) is 0 Å². The minimum absolute atomic E-state index is 0. The van der Waals surface area contributed by atoms with Crippen molar-refractivity contribution in [2.24, 2.45) is 5.41 Å². The van der Waals surface area contributed by atoms with Crippen LogP contribution < -0.4 is 30.0 Å². The molecule has 0 fully saturated rings. The van der Waals surface area contributed by atoms with E-state index in [0.717, 1.165) is 0 Å². The molecule has 0 saturated carbocycles. The topological polar surface area (TPSA) is 0 Å². The van der Waals surface area contributed by atoms with Crippen molar-refractivity contribution in [3.63, 3.8) is 0 Å². The zero-order valence-electron chi connectivity index (χ0n) is 17.5. The summed E-state index contributed by atoms with van der Waals surface area (Å²) in [5, 5.41) is 4.22. The molecule has 1 aliphatic rings. The summed E-state index contributed by atoms with van der Waals surface area (Å²) >= 11 is 1.67. The molecule has 0 aliphatic heterocycles. The summed E-state index contributed by atoms with van der Waals surface area (Å²) in [5.41, 5.74) is 3.10. The number of halogens is 2. The van der Waals surface area contributed by atoms with Gasteiger partial charge in [-0.25, -0.2) is 0 Å². The second-order valence-electron chi connectivity index (χ2n) is 7.73. The third-order valence-corrected chi connectivity index (χ3v) is 7.88. The van der Waals surface area contributed by atoms with E-state index in [-0.39, 0.29) is 37.7 Å². The second-order valence-corrected chi connectivity index (χ2v) is 10.8. The van der Waals surface area contributed by atoms with E-state index in [4.69, 9.17) is 0 Å². The van der Waals surface area contributed by atoms with E-state index < -0.39 is 0 Å².